The number of para-hydroxylation sites is 1. The molecule has 1 atom stereocenters. The number of aliphatic hydroxyl groups excluding tert-OH is 1. The number of carbonyl (C=O) groups excluding carboxylic acids is 1. The third kappa shape index (κ3) is 2.44. The molecule has 3 rings (SSSR count). The first kappa shape index (κ1) is 14.1. The molecule has 0 bridgehead atoms. The van der Waals surface area contributed by atoms with E-state index < -0.39 is 5.54 Å². The molecule has 1 saturated carbocycles. The Morgan fingerprint density at radius 3 is 2.76 bits per heavy atom. The first-order valence-electron chi connectivity index (χ1n) is 7.60. The lowest BCUT2D eigenvalue weighted by atomic mass is 9.97. The van der Waals surface area contributed by atoms with E-state index in [0.29, 0.717) is 11.6 Å². The molecule has 1 unspecified atom stereocenters. The van der Waals surface area contributed by atoms with Crippen LogP contribution in [0.1, 0.15) is 37.2 Å². The van der Waals surface area contributed by atoms with Crippen molar-refractivity contribution in [3.63, 3.8) is 0 Å². The van der Waals surface area contributed by atoms with E-state index in [1.165, 1.54) is 0 Å². The Balaban J connectivity index is 1.94. The SMILES string of the molecule is CCn1c(C(=O)NC(C)(CO)C2CC2)cc2ccccc21. The molecule has 1 amide bonds. The summed E-state index contributed by atoms with van der Waals surface area (Å²) in [5.74, 6) is 0.294. The largest absolute Gasteiger partial charge is 0.394 e. The zero-order valence-corrected chi connectivity index (χ0v) is 12.6. The zero-order valence-electron chi connectivity index (χ0n) is 12.6. The van der Waals surface area contributed by atoms with Crippen molar-refractivity contribution in [1.29, 1.82) is 0 Å². The van der Waals surface area contributed by atoms with Gasteiger partial charge in [0.2, 0.25) is 0 Å². The quantitative estimate of drug-likeness (QED) is 0.887. The van der Waals surface area contributed by atoms with E-state index in [0.717, 1.165) is 30.3 Å². The van der Waals surface area contributed by atoms with E-state index in [9.17, 15) is 9.90 Å². The van der Waals surface area contributed by atoms with Crippen LogP contribution in [0.5, 0.6) is 0 Å². The van der Waals surface area contributed by atoms with E-state index in [-0.39, 0.29) is 12.5 Å². The molecule has 1 fully saturated rings. The molecule has 0 saturated heterocycles. The smallest absolute Gasteiger partial charge is 0.268 e. The van der Waals surface area contributed by atoms with Gasteiger partial charge in [0.05, 0.1) is 12.1 Å². The highest BCUT2D eigenvalue weighted by molar-refractivity contribution is 5.99. The lowest BCUT2D eigenvalue weighted by Crippen LogP contribution is -2.51. The minimum absolute atomic E-state index is 0.0181. The van der Waals surface area contributed by atoms with Crippen molar-refractivity contribution in [2.75, 3.05) is 6.61 Å². The Morgan fingerprint density at radius 2 is 2.14 bits per heavy atom. The molecule has 2 N–H and O–H groups in total. The van der Waals surface area contributed by atoms with Gasteiger partial charge in [-0.15, -0.1) is 0 Å². The third-order valence-corrected chi connectivity index (χ3v) is 4.57. The van der Waals surface area contributed by atoms with Crippen molar-refractivity contribution in [3.8, 4) is 0 Å². The average Bonchev–Trinajstić information content (AvgIpc) is 3.28. The molecule has 0 aliphatic heterocycles. The molecule has 21 heavy (non-hydrogen) atoms. The fourth-order valence-corrected chi connectivity index (χ4v) is 3.05. The highest BCUT2D eigenvalue weighted by Crippen LogP contribution is 2.39. The third-order valence-electron chi connectivity index (χ3n) is 4.57. The fraction of sp³-hybridized carbons (Fsp3) is 0.471. The summed E-state index contributed by atoms with van der Waals surface area (Å²) in [5.41, 5.74) is 1.23. The lowest BCUT2D eigenvalue weighted by molar-refractivity contribution is 0.0816. The maximum absolute atomic E-state index is 12.7. The second kappa shape index (κ2) is 5.19. The molecule has 1 heterocycles. The van der Waals surface area contributed by atoms with Crippen LogP contribution < -0.4 is 5.32 Å². The number of carbonyl (C=O) groups is 1. The molecule has 0 spiro atoms. The second-order valence-corrected chi connectivity index (χ2v) is 6.14. The van der Waals surface area contributed by atoms with Crippen molar-refractivity contribution in [3.05, 3.63) is 36.0 Å². The second-order valence-electron chi connectivity index (χ2n) is 6.14. The molecule has 0 radical (unpaired) electrons. The van der Waals surface area contributed by atoms with Gasteiger partial charge in [-0.2, -0.15) is 0 Å². The molecule has 1 aromatic heterocycles. The van der Waals surface area contributed by atoms with Gasteiger partial charge >= 0.3 is 0 Å². The summed E-state index contributed by atoms with van der Waals surface area (Å²) in [5, 5.41) is 13.8. The molecule has 2 aromatic rings. The minimum Gasteiger partial charge on any atom is -0.394 e. The molecule has 1 aliphatic rings. The van der Waals surface area contributed by atoms with Crippen LogP contribution in [0.15, 0.2) is 30.3 Å². The highest BCUT2D eigenvalue weighted by atomic mass is 16.3. The Hall–Kier alpha value is -1.81. The maximum atomic E-state index is 12.7. The summed E-state index contributed by atoms with van der Waals surface area (Å²) < 4.78 is 2.02. The summed E-state index contributed by atoms with van der Waals surface area (Å²) >= 11 is 0. The van der Waals surface area contributed by atoms with Crippen LogP contribution in [-0.2, 0) is 6.54 Å². The molecule has 4 heteroatoms. The number of aliphatic hydroxyl groups is 1. The van der Waals surface area contributed by atoms with Crippen LogP contribution in [0.4, 0.5) is 0 Å². The highest BCUT2D eigenvalue weighted by Gasteiger charge is 2.42. The van der Waals surface area contributed by atoms with Crippen LogP contribution in [0.2, 0.25) is 0 Å². The van der Waals surface area contributed by atoms with Gasteiger partial charge in [0.1, 0.15) is 5.69 Å². The molecule has 4 nitrogen and oxygen atoms in total. The molecule has 1 aromatic carbocycles. The van der Waals surface area contributed by atoms with E-state index in [1.54, 1.807) is 0 Å². The summed E-state index contributed by atoms with van der Waals surface area (Å²) in [6, 6.07) is 9.94. The number of aromatic nitrogens is 1. The molecule has 112 valence electrons. The lowest BCUT2D eigenvalue weighted by Gasteiger charge is -2.29. The monoisotopic (exact) mass is 286 g/mol. The Bertz CT molecular complexity index is 672. The van der Waals surface area contributed by atoms with Gasteiger partial charge in [0.25, 0.3) is 5.91 Å². The minimum atomic E-state index is -0.508. The number of nitrogens with one attached hydrogen (secondary N) is 1. The maximum Gasteiger partial charge on any atom is 0.268 e. The topological polar surface area (TPSA) is 54.3 Å². The standard InChI is InChI=1S/C17H22N2O2/c1-3-19-14-7-5-4-6-12(14)10-15(19)16(21)18-17(2,11-20)13-8-9-13/h4-7,10,13,20H,3,8-9,11H2,1-2H3,(H,18,21). The van der Waals surface area contributed by atoms with E-state index in [4.69, 9.17) is 0 Å². The predicted molar refractivity (Wildman–Crippen MR) is 83.3 cm³/mol. The van der Waals surface area contributed by atoms with Gasteiger partial charge < -0.3 is 15.0 Å². The average molecular weight is 286 g/mol. The van der Waals surface area contributed by atoms with Crippen molar-refractivity contribution in [2.24, 2.45) is 5.92 Å². The van der Waals surface area contributed by atoms with Gasteiger partial charge in [-0.1, -0.05) is 18.2 Å². The number of nitrogens with zero attached hydrogens (tertiary/aromatic N) is 1. The Labute approximate surface area is 124 Å². The number of hydrogen-bond donors (Lipinski definition) is 2. The number of rotatable bonds is 5. The Kier molecular flexibility index (Phi) is 3.49. The number of aryl methyl sites for hydroxylation is 1. The number of hydrogen-bond acceptors (Lipinski definition) is 2. The normalized spacial score (nSPS) is 17.7. The van der Waals surface area contributed by atoms with Crippen molar-refractivity contribution in [1.82, 2.24) is 9.88 Å². The molecule has 1 aliphatic carbocycles. The van der Waals surface area contributed by atoms with E-state index in [2.05, 4.69) is 5.32 Å². The van der Waals surface area contributed by atoms with Crippen LogP contribution in [0, 0.1) is 5.92 Å². The number of benzene rings is 1. The van der Waals surface area contributed by atoms with Crippen molar-refractivity contribution < 1.29 is 9.90 Å². The van der Waals surface area contributed by atoms with Crippen molar-refractivity contribution in [2.45, 2.75) is 38.8 Å². The van der Waals surface area contributed by atoms with Crippen LogP contribution in [0.3, 0.4) is 0 Å². The van der Waals surface area contributed by atoms with Crippen LogP contribution >= 0.6 is 0 Å². The molecular weight excluding hydrogens is 264 g/mol. The van der Waals surface area contributed by atoms with E-state index >= 15 is 0 Å². The predicted octanol–water partition coefficient (Wildman–Crippen LogP) is 2.55. The first-order valence-corrected chi connectivity index (χ1v) is 7.60. The van der Waals surface area contributed by atoms with Crippen LogP contribution in [-0.4, -0.2) is 27.7 Å². The summed E-state index contributed by atoms with van der Waals surface area (Å²) in [4.78, 5) is 12.7. The first-order chi connectivity index (χ1) is 10.1. The van der Waals surface area contributed by atoms with Gasteiger partial charge in [-0.05, 0) is 44.7 Å². The van der Waals surface area contributed by atoms with Gasteiger partial charge in [0, 0.05) is 17.4 Å². The van der Waals surface area contributed by atoms with Gasteiger partial charge in [-0.3, -0.25) is 4.79 Å². The summed E-state index contributed by atoms with van der Waals surface area (Å²) in [6.45, 7) is 4.70. The fourth-order valence-electron chi connectivity index (χ4n) is 3.05. The summed E-state index contributed by atoms with van der Waals surface area (Å²) in [6.07, 6.45) is 2.15. The number of fused-ring (bicyclic) bond motifs is 1. The van der Waals surface area contributed by atoms with Crippen LogP contribution in [0.25, 0.3) is 10.9 Å². The van der Waals surface area contributed by atoms with Gasteiger partial charge in [-0.25, -0.2) is 0 Å². The molecular formula is C17H22N2O2. The number of amides is 1. The Morgan fingerprint density at radius 1 is 1.43 bits per heavy atom. The summed E-state index contributed by atoms with van der Waals surface area (Å²) in [7, 11) is 0. The van der Waals surface area contributed by atoms with Crippen molar-refractivity contribution >= 4 is 16.8 Å². The zero-order chi connectivity index (χ0) is 15.0. The van der Waals surface area contributed by atoms with E-state index in [1.807, 2.05) is 48.7 Å². The van der Waals surface area contributed by atoms with Gasteiger partial charge in [0.15, 0.2) is 0 Å².